The van der Waals surface area contributed by atoms with Crippen molar-refractivity contribution >= 4 is 81.1 Å². The summed E-state index contributed by atoms with van der Waals surface area (Å²) in [5, 5.41) is 28.1. The first-order valence-corrected chi connectivity index (χ1v) is 13.8. The number of fused-ring (bicyclic) bond motifs is 1. The van der Waals surface area contributed by atoms with E-state index in [1.165, 1.54) is 35.0 Å². The van der Waals surface area contributed by atoms with E-state index in [-0.39, 0.29) is 33.8 Å². The number of β-lactam (4-membered cyclic amide) rings is 1. The smallest absolute Gasteiger partial charge is 0.344 e. The summed E-state index contributed by atoms with van der Waals surface area (Å²) in [5.74, 6) is -3.47. The van der Waals surface area contributed by atoms with Gasteiger partial charge >= 0.3 is 11.1 Å². The Hall–Kier alpha value is -4.10. The topological polar surface area (TPSA) is 256 Å². The number of hydrogen-bond donors (Lipinski definition) is 5. The molecule has 39 heavy (non-hydrogen) atoms. The van der Waals surface area contributed by atoms with Gasteiger partial charge < -0.3 is 42.4 Å². The zero-order chi connectivity index (χ0) is 28.4. The Bertz CT molecular complexity index is 1430. The van der Waals surface area contributed by atoms with Crippen LogP contribution in [0.5, 0.6) is 0 Å². The number of anilines is 3. The van der Waals surface area contributed by atoms with Gasteiger partial charge in [-0.15, -0.1) is 23.1 Å². The molecule has 1 saturated heterocycles. The van der Waals surface area contributed by atoms with Crippen molar-refractivity contribution in [3.05, 3.63) is 28.4 Å². The second-order valence-electron chi connectivity index (χ2n) is 8.01. The van der Waals surface area contributed by atoms with E-state index in [1.807, 2.05) is 0 Å². The van der Waals surface area contributed by atoms with Gasteiger partial charge in [0.15, 0.2) is 10.8 Å². The third-order valence-electron chi connectivity index (χ3n) is 5.42. The van der Waals surface area contributed by atoms with Crippen molar-refractivity contribution in [1.29, 1.82) is 0 Å². The first-order valence-electron chi connectivity index (χ1n) is 10.8. The van der Waals surface area contributed by atoms with E-state index >= 15 is 0 Å². The molecule has 0 radical (unpaired) electrons. The summed E-state index contributed by atoms with van der Waals surface area (Å²) >= 11 is 3.45. The lowest BCUT2D eigenvalue weighted by molar-refractivity contribution is -0.698. The van der Waals surface area contributed by atoms with Crippen LogP contribution in [0.3, 0.4) is 0 Å². The maximum atomic E-state index is 13.0. The first-order chi connectivity index (χ1) is 18.5. The maximum absolute atomic E-state index is 13.0. The average Bonchev–Trinajstić information content (AvgIpc) is 3.30. The van der Waals surface area contributed by atoms with Crippen LogP contribution in [0.15, 0.2) is 33.0 Å². The van der Waals surface area contributed by atoms with E-state index in [4.69, 9.17) is 27.1 Å². The summed E-state index contributed by atoms with van der Waals surface area (Å²) in [6.07, 6.45) is 0. The van der Waals surface area contributed by atoms with Gasteiger partial charge in [0, 0.05) is 16.9 Å². The number of amides is 2. The number of rotatable bonds is 10. The van der Waals surface area contributed by atoms with E-state index < -0.39 is 47.5 Å². The zero-order valence-electron chi connectivity index (χ0n) is 20.0. The molecular weight excluding hydrogens is 574 g/mol. The molecule has 1 unspecified atom stereocenters. The highest BCUT2D eigenvalue weighted by atomic mass is 32.2. The van der Waals surface area contributed by atoms with Crippen LogP contribution in [0.1, 0.15) is 5.69 Å². The van der Waals surface area contributed by atoms with Gasteiger partial charge in [-0.2, -0.15) is 0 Å². The second kappa shape index (κ2) is 11.3. The SMILES string of the molecule is C[n+]1c(N)cc(N)nc1SCC1=C(C(=O)[O-])N2C(=O)C(NC(=O)/C(=N\OCC(=O)O)c3csc(N)n3)[C@H]2SC1. The van der Waals surface area contributed by atoms with Crippen molar-refractivity contribution in [1.82, 2.24) is 20.2 Å². The van der Waals surface area contributed by atoms with Crippen LogP contribution < -0.4 is 32.2 Å². The molecule has 1 fully saturated rings. The number of hydrogen-bond acceptors (Lipinski definition) is 15. The van der Waals surface area contributed by atoms with Crippen LogP contribution in [-0.4, -0.2) is 79.0 Å². The van der Waals surface area contributed by atoms with Gasteiger partial charge in [0.1, 0.15) is 17.1 Å². The summed E-state index contributed by atoms with van der Waals surface area (Å²) in [6.45, 7) is -0.818. The lowest BCUT2D eigenvalue weighted by atomic mass is 10.0. The van der Waals surface area contributed by atoms with Crippen LogP contribution in [0, 0.1) is 0 Å². The molecule has 2 amide bonds. The lowest BCUT2D eigenvalue weighted by Gasteiger charge is -2.50. The fraction of sp³-hybridized carbons (Fsp3) is 0.300. The molecule has 2 aliphatic rings. The van der Waals surface area contributed by atoms with Gasteiger partial charge in [0.2, 0.25) is 18.2 Å². The third kappa shape index (κ3) is 5.83. The average molecular weight is 596 g/mol. The molecule has 2 atom stereocenters. The Morgan fingerprint density at radius 1 is 1.36 bits per heavy atom. The Kier molecular flexibility index (Phi) is 8.11. The van der Waals surface area contributed by atoms with Gasteiger partial charge in [-0.3, -0.25) is 14.5 Å². The third-order valence-corrected chi connectivity index (χ3v) is 8.55. The Balaban J connectivity index is 1.51. The highest BCUT2D eigenvalue weighted by molar-refractivity contribution is 8.01. The molecule has 2 aromatic rings. The quantitative estimate of drug-likeness (QED) is 0.0461. The number of carbonyl (C=O) groups excluding carboxylic acids is 3. The monoisotopic (exact) mass is 595 g/mol. The van der Waals surface area contributed by atoms with Gasteiger partial charge in [0.25, 0.3) is 11.8 Å². The molecule has 2 aliphatic heterocycles. The number of nitrogens with one attached hydrogen (secondary N) is 1. The summed E-state index contributed by atoms with van der Waals surface area (Å²) in [7, 11) is 1.68. The predicted molar refractivity (Wildman–Crippen MR) is 139 cm³/mol. The minimum Gasteiger partial charge on any atom is -0.543 e. The van der Waals surface area contributed by atoms with Gasteiger partial charge in [-0.25, -0.2) is 14.3 Å². The highest BCUT2D eigenvalue weighted by Crippen LogP contribution is 2.41. The number of carbonyl (C=O) groups is 4. The van der Waals surface area contributed by atoms with Crippen LogP contribution >= 0.6 is 34.9 Å². The van der Waals surface area contributed by atoms with Crippen molar-refractivity contribution in [3.63, 3.8) is 0 Å². The molecule has 2 aromatic heterocycles. The number of aromatic nitrogens is 3. The van der Waals surface area contributed by atoms with Crippen molar-refractivity contribution < 1.29 is 38.8 Å². The Morgan fingerprint density at radius 2 is 2.10 bits per heavy atom. The molecule has 16 nitrogen and oxygen atoms in total. The standard InChI is InChI=1S/C20H21N9O7S3/c1-28-10(22)2-9(21)25-20(28)39-5-7-4-37-17-13(16(33)29(17)14(7)18(34)35)26-15(32)12(27-36-3-11(30)31)8-6-38-19(23)24-8/h2,6,13,17H,3-5H2,1H3,(H8,21,22,23,24,26,30,31,32,34,35)/b27-12-/t13?,17-/m1/s1. The molecule has 0 spiro atoms. The van der Waals surface area contributed by atoms with Crippen molar-refractivity contribution in [2.45, 2.75) is 16.6 Å². The molecule has 0 aromatic carbocycles. The van der Waals surface area contributed by atoms with Crippen molar-refractivity contribution in [3.8, 4) is 0 Å². The van der Waals surface area contributed by atoms with Crippen LogP contribution in [0.4, 0.5) is 16.8 Å². The number of carboxylic acids is 2. The number of thioether (sulfide) groups is 2. The minimum absolute atomic E-state index is 0.0129. The molecule has 8 N–H and O–H groups in total. The van der Waals surface area contributed by atoms with Crippen LogP contribution in [0.2, 0.25) is 0 Å². The van der Waals surface area contributed by atoms with E-state index in [0.29, 0.717) is 16.5 Å². The second-order valence-corrected chi connectivity index (χ2v) is 11.0. The molecule has 0 bridgehead atoms. The molecule has 4 heterocycles. The van der Waals surface area contributed by atoms with E-state index in [0.717, 1.165) is 16.2 Å². The fourth-order valence-electron chi connectivity index (χ4n) is 3.60. The molecule has 4 rings (SSSR count). The van der Waals surface area contributed by atoms with Crippen molar-refractivity contribution in [2.24, 2.45) is 12.2 Å². The predicted octanol–water partition coefficient (Wildman–Crippen LogP) is -2.89. The lowest BCUT2D eigenvalue weighted by Crippen LogP contribution is -2.71. The number of aliphatic carboxylic acids is 2. The normalized spacial score (nSPS) is 18.8. The molecule has 206 valence electrons. The van der Waals surface area contributed by atoms with Gasteiger partial charge in [-0.1, -0.05) is 10.1 Å². The minimum atomic E-state index is -1.54. The number of nitrogens with zero attached hydrogens (tertiary/aromatic N) is 5. The van der Waals surface area contributed by atoms with Gasteiger partial charge in [-0.05, 0) is 17.3 Å². The molecular formula is C20H21N9O7S3. The number of carboxylic acid groups (broad SMARTS) is 2. The molecule has 0 saturated carbocycles. The number of nitrogen functional groups attached to an aromatic ring is 3. The number of nitrogens with two attached hydrogens (primary N) is 3. The van der Waals surface area contributed by atoms with E-state index in [2.05, 4.69) is 20.4 Å². The van der Waals surface area contributed by atoms with E-state index in [9.17, 15) is 24.3 Å². The highest BCUT2D eigenvalue weighted by Gasteiger charge is 2.53. The number of thiazole rings is 1. The largest absolute Gasteiger partial charge is 0.543 e. The molecule has 0 aliphatic carbocycles. The zero-order valence-corrected chi connectivity index (χ0v) is 22.5. The van der Waals surface area contributed by atoms with Gasteiger partial charge in [0.05, 0.1) is 24.8 Å². The Morgan fingerprint density at radius 3 is 2.74 bits per heavy atom. The maximum Gasteiger partial charge on any atom is 0.344 e. The van der Waals surface area contributed by atoms with Crippen LogP contribution in [0.25, 0.3) is 0 Å². The number of oxime groups is 1. The fourth-order valence-corrected chi connectivity index (χ4v) is 6.64. The summed E-state index contributed by atoms with van der Waals surface area (Å²) in [4.78, 5) is 62.7. The van der Waals surface area contributed by atoms with E-state index in [1.54, 1.807) is 11.6 Å². The van der Waals surface area contributed by atoms with Crippen LogP contribution in [-0.2, 0) is 31.1 Å². The summed E-state index contributed by atoms with van der Waals surface area (Å²) in [6, 6.07) is 0.391. The van der Waals surface area contributed by atoms with Crippen molar-refractivity contribution in [2.75, 3.05) is 35.3 Å². The summed E-state index contributed by atoms with van der Waals surface area (Å²) in [5.41, 5.74) is 17.0. The summed E-state index contributed by atoms with van der Waals surface area (Å²) < 4.78 is 1.59. The molecule has 19 heteroatoms. The first kappa shape index (κ1) is 27.9. The Labute approximate surface area is 232 Å².